The number of carbonyl (C=O) groups excluding carboxylic acids is 1. The summed E-state index contributed by atoms with van der Waals surface area (Å²) in [5, 5.41) is 1.90. The Morgan fingerprint density at radius 1 is 1.42 bits per heavy atom. The number of rotatable bonds is 4. The summed E-state index contributed by atoms with van der Waals surface area (Å²) in [5.41, 5.74) is 8.07. The summed E-state index contributed by atoms with van der Waals surface area (Å²) in [6.45, 7) is 2.75. The molecule has 1 aromatic heterocycles. The largest absolute Gasteiger partial charge is 0.399 e. The molecular formula is C14H15IN2OS. The minimum atomic E-state index is 0.0339. The first-order valence-electron chi connectivity index (χ1n) is 6.03. The third-order valence-electron chi connectivity index (χ3n) is 2.69. The molecule has 0 radical (unpaired) electrons. The molecule has 0 saturated heterocycles. The molecule has 0 saturated carbocycles. The van der Waals surface area contributed by atoms with E-state index in [9.17, 15) is 4.79 Å². The number of nitrogens with two attached hydrogens (primary N) is 1. The third-order valence-corrected chi connectivity index (χ3v) is 4.48. The molecule has 0 aliphatic carbocycles. The van der Waals surface area contributed by atoms with Crippen molar-refractivity contribution in [3.8, 4) is 0 Å². The van der Waals surface area contributed by atoms with Crippen LogP contribution in [0.1, 0.15) is 23.7 Å². The second-order valence-electron chi connectivity index (χ2n) is 4.19. The van der Waals surface area contributed by atoms with Crippen molar-refractivity contribution in [1.82, 2.24) is 0 Å². The SMILES string of the molecule is CCCN(C(=O)c1csc(I)c1)c1cccc(N)c1. The van der Waals surface area contributed by atoms with E-state index in [1.54, 1.807) is 16.2 Å². The van der Waals surface area contributed by atoms with Gasteiger partial charge in [-0.2, -0.15) is 0 Å². The zero-order chi connectivity index (χ0) is 13.8. The number of carbonyl (C=O) groups is 1. The Labute approximate surface area is 130 Å². The lowest BCUT2D eigenvalue weighted by Crippen LogP contribution is -2.31. The number of amides is 1. The Bertz CT molecular complexity index is 582. The van der Waals surface area contributed by atoms with Gasteiger partial charge in [0.2, 0.25) is 0 Å². The van der Waals surface area contributed by atoms with Gasteiger partial charge in [-0.25, -0.2) is 0 Å². The van der Waals surface area contributed by atoms with Crippen molar-refractivity contribution in [3.63, 3.8) is 0 Å². The fourth-order valence-corrected chi connectivity index (χ4v) is 3.16. The molecular weight excluding hydrogens is 371 g/mol. The van der Waals surface area contributed by atoms with E-state index in [2.05, 4.69) is 29.5 Å². The van der Waals surface area contributed by atoms with E-state index in [-0.39, 0.29) is 5.91 Å². The zero-order valence-electron chi connectivity index (χ0n) is 10.6. The van der Waals surface area contributed by atoms with E-state index < -0.39 is 0 Å². The average molecular weight is 386 g/mol. The number of nitrogen functional groups attached to an aromatic ring is 1. The topological polar surface area (TPSA) is 46.3 Å². The highest BCUT2D eigenvalue weighted by molar-refractivity contribution is 14.1. The van der Waals surface area contributed by atoms with Crippen molar-refractivity contribution in [2.45, 2.75) is 13.3 Å². The smallest absolute Gasteiger partial charge is 0.259 e. The fraction of sp³-hybridized carbons (Fsp3) is 0.214. The molecule has 0 spiro atoms. The normalized spacial score (nSPS) is 10.4. The molecule has 0 bridgehead atoms. The van der Waals surface area contributed by atoms with Gasteiger partial charge in [-0.1, -0.05) is 13.0 Å². The summed E-state index contributed by atoms with van der Waals surface area (Å²) in [4.78, 5) is 14.3. The number of nitrogens with zero attached hydrogens (tertiary/aromatic N) is 1. The lowest BCUT2D eigenvalue weighted by molar-refractivity contribution is 0.0987. The van der Waals surface area contributed by atoms with Crippen LogP contribution in [0.2, 0.25) is 0 Å². The van der Waals surface area contributed by atoms with E-state index in [4.69, 9.17) is 5.73 Å². The van der Waals surface area contributed by atoms with Gasteiger partial charge >= 0.3 is 0 Å². The van der Waals surface area contributed by atoms with Crippen LogP contribution >= 0.6 is 33.9 Å². The average Bonchev–Trinajstić information content (AvgIpc) is 2.82. The van der Waals surface area contributed by atoms with E-state index in [0.29, 0.717) is 12.2 Å². The highest BCUT2D eigenvalue weighted by atomic mass is 127. The highest BCUT2D eigenvalue weighted by Crippen LogP contribution is 2.23. The molecule has 2 rings (SSSR count). The van der Waals surface area contributed by atoms with E-state index in [1.807, 2.05) is 35.7 Å². The van der Waals surface area contributed by atoms with Gasteiger partial charge < -0.3 is 10.6 Å². The Morgan fingerprint density at radius 3 is 2.79 bits per heavy atom. The van der Waals surface area contributed by atoms with Crippen molar-refractivity contribution < 1.29 is 4.79 Å². The summed E-state index contributed by atoms with van der Waals surface area (Å²) in [6, 6.07) is 9.37. The van der Waals surface area contributed by atoms with Crippen molar-refractivity contribution >= 4 is 51.2 Å². The van der Waals surface area contributed by atoms with Gasteiger partial charge in [0.15, 0.2) is 0 Å². The van der Waals surface area contributed by atoms with Crippen LogP contribution in [0.15, 0.2) is 35.7 Å². The molecule has 3 nitrogen and oxygen atoms in total. The first kappa shape index (κ1) is 14.3. The molecule has 19 heavy (non-hydrogen) atoms. The molecule has 1 amide bonds. The van der Waals surface area contributed by atoms with Gasteiger partial charge in [-0.15, -0.1) is 11.3 Å². The van der Waals surface area contributed by atoms with E-state index in [1.165, 1.54) is 0 Å². The van der Waals surface area contributed by atoms with Crippen LogP contribution in [0.3, 0.4) is 0 Å². The van der Waals surface area contributed by atoms with Crippen LogP contribution in [0.4, 0.5) is 11.4 Å². The quantitative estimate of drug-likeness (QED) is 0.638. The van der Waals surface area contributed by atoms with Crippen LogP contribution in [-0.2, 0) is 0 Å². The minimum absolute atomic E-state index is 0.0339. The number of anilines is 2. The van der Waals surface area contributed by atoms with Crippen molar-refractivity contribution in [1.29, 1.82) is 0 Å². The molecule has 5 heteroatoms. The molecule has 1 heterocycles. The highest BCUT2D eigenvalue weighted by Gasteiger charge is 2.18. The minimum Gasteiger partial charge on any atom is -0.399 e. The summed E-state index contributed by atoms with van der Waals surface area (Å²) in [7, 11) is 0. The van der Waals surface area contributed by atoms with Gasteiger partial charge in [-0.3, -0.25) is 4.79 Å². The molecule has 0 aliphatic rings. The second-order valence-corrected chi connectivity index (χ2v) is 7.00. The summed E-state index contributed by atoms with van der Waals surface area (Å²) in [5.74, 6) is 0.0339. The lowest BCUT2D eigenvalue weighted by Gasteiger charge is -2.22. The second kappa shape index (κ2) is 6.38. The molecule has 0 atom stereocenters. The van der Waals surface area contributed by atoms with Crippen LogP contribution in [0, 0.1) is 2.88 Å². The summed E-state index contributed by atoms with van der Waals surface area (Å²) in [6.07, 6.45) is 0.905. The zero-order valence-corrected chi connectivity index (χ0v) is 13.6. The molecule has 2 N–H and O–H groups in total. The molecule has 0 fully saturated rings. The Kier molecular flexibility index (Phi) is 4.81. The van der Waals surface area contributed by atoms with Gasteiger partial charge in [0.1, 0.15) is 0 Å². The van der Waals surface area contributed by atoms with Crippen LogP contribution in [0.25, 0.3) is 0 Å². The molecule has 0 aliphatic heterocycles. The Morgan fingerprint density at radius 2 is 2.21 bits per heavy atom. The van der Waals surface area contributed by atoms with Gasteiger partial charge in [0.05, 0.1) is 8.45 Å². The van der Waals surface area contributed by atoms with E-state index in [0.717, 1.165) is 20.6 Å². The number of thiophene rings is 1. The van der Waals surface area contributed by atoms with E-state index >= 15 is 0 Å². The standard InChI is InChI=1S/C14H15IN2OS/c1-2-6-17(12-5-3-4-11(16)8-12)14(18)10-7-13(15)19-9-10/h3-5,7-9H,2,6,16H2,1H3. The number of hydrogen-bond acceptors (Lipinski definition) is 3. The maximum absolute atomic E-state index is 12.5. The predicted octanol–water partition coefficient (Wildman–Crippen LogP) is 3.99. The van der Waals surface area contributed by atoms with Gasteiger partial charge in [0, 0.05) is 23.3 Å². The fourth-order valence-electron chi connectivity index (χ4n) is 1.84. The monoisotopic (exact) mass is 386 g/mol. The Balaban J connectivity index is 2.32. The summed E-state index contributed by atoms with van der Waals surface area (Å²) >= 11 is 3.81. The van der Waals surface area contributed by atoms with Crippen LogP contribution in [0.5, 0.6) is 0 Å². The maximum Gasteiger partial charge on any atom is 0.259 e. The van der Waals surface area contributed by atoms with Crippen LogP contribution in [-0.4, -0.2) is 12.5 Å². The molecule has 0 unspecified atom stereocenters. The van der Waals surface area contributed by atoms with Gasteiger partial charge in [0.25, 0.3) is 5.91 Å². The third kappa shape index (κ3) is 3.48. The van der Waals surface area contributed by atoms with Gasteiger partial charge in [-0.05, 0) is 53.3 Å². The predicted molar refractivity (Wildman–Crippen MR) is 89.9 cm³/mol. The number of halogens is 1. The molecule has 100 valence electrons. The number of benzene rings is 1. The molecule has 1 aromatic carbocycles. The van der Waals surface area contributed by atoms with Crippen molar-refractivity contribution in [2.75, 3.05) is 17.2 Å². The van der Waals surface area contributed by atoms with Crippen molar-refractivity contribution in [2.24, 2.45) is 0 Å². The first-order chi connectivity index (χ1) is 9.11. The van der Waals surface area contributed by atoms with Crippen molar-refractivity contribution in [3.05, 3.63) is 44.2 Å². The summed E-state index contributed by atoms with van der Waals surface area (Å²) < 4.78 is 1.12. The lowest BCUT2D eigenvalue weighted by atomic mass is 10.2. The maximum atomic E-state index is 12.5. The molecule has 2 aromatic rings. The first-order valence-corrected chi connectivity index (χ1v) is 7.99. The number of hydrogen-bond donors (Lipinski definition) is 1. The van der Waals surface area contributed by atoms with Crippen LogP contribution < -0.4 is 10.6 Å². The Hall–Kier alpha value is -1.08.